The van der Waals surface area contributed by atoms with Crippen molar-refractivity contribution in [2.45, 2.75) is 75.3 Å². The standard InChI is InChI=1S/C32H28F12N10O2.H3O4P.H2O/c33-15-7-19(37)17(35)5-13(15)27(21(45)9-25(55)51-1-3-53-23(11-51)47-49-29(53)31(39,40)41)28(14-6-18(36)20(38)8-16(14)34)22(46)10-26(56)52-2-4-54-24(12-52)48-50-30(54)32(42,43)44;1-5(2,3)4;/h5-8,21-22,27-28H,1-4,9-12,45-46H2;(H3,1,2,3,4);1H2. The van der Waals surface area contributed by atoms with E-state index in [1.165, 1.54) is 0 Å². The molecule has 2 aliphatic rings. The Hall–Kier alpha value is -5.19. The summed E-state index contributed by atoms with van der Waals surface area (Å²) in [6.07, 6.45) is -11.5. The second-order valence-corrected chi connectivity index (χ2v) is 14.7. The number of hydrogen-bond acceptors (Lipinski definition) is 9. The topological polar surface area (TPSA) is 263 Å². The van der Waals surface area contributed by atoms with E-state index in [2.05, 4.69) is 20.4 Å². The Morgan fingerprint density at radius 3 is 1.21 bits per heavy atom. The maximum atomic E-state index is 15.7. The number of nitrogens with two attached hydrogens (primary N) is 2. The Morgan fingerprint density at radius 2 is 0.903 bits per heavy atom. The maximum absolute atomic E-state index is 15.7. The number of rotatable bonds is 9. The summed E-state index contributed by atoms with van der Waals surface area (Å²) in [4.78, 5) is 50.8. The lowest BCUT2D eigenvalue weighted by atomic mass is 9.71. The SMILES string of the molecule is NC(CC(=O)N1CCn2c(nnc2C(F)(F)F)C1)C(c1cc(F)c(F)cc1F)C(c1cc(F)c(F)cc1F)C(N)CC(=O)N1CCn2c(nnc2C(F)(F)F)C1.O.O=P(O)(O)O. The van der Waals surface area contributed by atoms with E-state index in [0.717, 1.165) is 18.9 Å². The fourth-order valence-electron chi connectivity index (χ4n) is 7.04. The first kappa shape index (κ1) is 49.5. The first-order chi connectivity index (χ1) is 28.1. The van der Waals surface area contributed by atoms with Gasteiger partial charge < -0.3 is 50.6 Å². The van der Waals surface area contributed by atoms with Crippen LogP contribution in [0.2, 0.25) is 0 Å². The molecule has 62 heavy (non-hydrogen) atoms. The minimum absolute atomic E-state index is 0. The average molecular weight is 929 g/mol. The Morgan fingerprint density at radius 1 is 0.597 bits per heavy atom. The Kier molecular flexibility index (Phi) is 14.9. The highest BCUT2D eigenvalue weighted by Gasteiger charge is 2.44. The van der Waals surface area contributed by atoms with Gasteiger partial charge in [-0.25, -0.2) is 30.9 Å². The van der Waals surface area contributed by atoms with Crippen LogP contribution in [-0.2, 0) is 52.7 Å². The van der Waals surface area contributed by atoms with Crippen molar-refractivity contribution in [2.75, 3.05) is 13.1 Å². The van der Waals surface area contributed by atoms with Crippen molar-refractivity contribution in [1.29, 1.82) is 0 Å². The molecule has 4 atom stereocenters. The smallest absolute Gasteiger partial charge is 0.412 e. The summed E-state index contributed by atoms with van der Waals surface area (Å²) in [7, 11) is -4.64. The van der Waals surface area contributed by atoms with Crippen molar-refractivity contribution in [2.24, 2.45) is 11.5 Å². The van der Waals surface area contributed by atoms with Crippen molar-refractivity contribution in [3.8, 4) is 0 Å². The molecule has 2 aliphatic heterocycles. The maximum Gasteiger partial charge on any atom is 0.466 e. The third-order valence-corrected chi connectivity index (χ3v) is 9.65. The van der Waals surface area contributed by atoms with E-state index >= 15 is 8.78 Å². The zero-order valence-corrected chi connectivity index (χ0v) is 32.0. The number of halogens is 12. The third kappa shape index (κ3) is 11.2. The fraction of sp³-hybridized carbons (Fsp3) is 0.438. The van der Waals surface area contributed by atoms with Crippen molar-refractivity contribution < 1.29 is 87.0 Å². The summed E-state index contributed by atoms with van der Waals surface area (Å²) in [5.74, 6) is -18.6. The van der Waals surface area contributed by atoms with Crippen molar-refractivity contribution in [3.63, 3.8) is 0 Å². The van der Waals surface area contributed by atoms with Gasteiger partial charge in [-0.1, -0.05) is 0 Å². The summed E-state index contributed by atoms with van der Waals surface area (Å²) >= 11 is 0. The van der Waals surface area contributed by atoms with Crippen LogP contribution < -0.4 is 11.5 Å². The molecule has 6 rings (SSSR count). The highest BCUT2D eigenvalue weighted by Crippen LogP contribution is 2.43. The van der Waals surface area contributed by atoms with Crippen LogP contribution in [0, 0.1) is 34.9 Å². The lowest BCUT2D eigenvalue weighted by Crippen LogP contribution is -2.47. The van der Waals surface area contributed by atoms with Crippen LogP contribution >= 0.6 is 7.82 Å². The van der Waals surface area contributed by atoms with E-state index in [4.69, 9.17) is 30.7 Å². The Balaban J connectivity index is 0.00000133. The summed E-state index contributed by atoms with van der Waals surface area (Å²) < 4.78 is 180. The lowest BCUT2D eigenvalue weighted by molar-refractivity contribution is -0.149. The van der Waals surface area contributed by atoms with Crippen LogP contribution in [0.15, 0.2) is 24.3 Å². The number of amides is 2. The number of phosphoric acid groups is 1. The number of fused-ring (bicyclic) bond motifs is 2. The third-order valence-electron chi connectivity index (χ3n) is 9.65. The van der Waals surface area contributed by atoms with Crippen molar-refractivity contribution in [1.82, 2.24) is 39.3 Å². The van der Waals surface area contributed by atoms with E-state index in [1.54, 1.807) is 0 Å². The molecule has 17 nitrogen and oxygen atoms in total. The van der Waals surface area contributed by atoms with Gasteiger partial charge >= 0.3 is 20.2 Å². The predicted molar refractivity (Wildman–Crippen MR) is 182 cm³/mol. The summed E-state index contributed by atoms with van der Waals surface area (Å²) in [6.45, 7) is -2.54. The molecule has 0 saturated heterocycles. The number of benzene rings is 2. The molecule has 30 heteroatoms. The Bertz CT molecular complexity index is 2180. The van der Waals surface area contributed by atoms with Gasteiger partial charge in [0.1, 0.15) is 11.6 Å². The number of carbonyl (C=O) groups excluding carboxylic acids is 2. The zero-order chi connectivity index (χ0) is 45.5. The van der Waals surface area contributed by atoms with Crippen molar-refractivity contribution in [3.05, 3.63) is 93.6 Å². The van der Waals surface area contributed by atoms with Gasteiger partial charge in [-0.2, -0.15) is 26.3 Å². The number of hydrogen-bond donors (Lipinski definition) is 5. The van der Waals surface area contributed by atoms with Gasteiger partial charge in [-0.15, -0.1) is 20.4 Å². The average Bonchev–Trinajstić information content (AvgIpc) is 3.78. The molecule has 4 aromatic rings. The van der Waals surface area contributed by atoms with Gasteiger partial charge in [0, 0.05) is 75.1 Å². The lowest BCUT2D eigenvalue weighted by Gasteiger charge is -2.38. The van der Waals surface area contributed by atoms with Crippen molar-refractivity contribution >= 4 is 19.6 Å². The molecule has 0 bridgehead atoms. The highest BCUT2D eigenvalue weighted by atomic mass is 31.2. The number of alkyl halides is 6. The second-order valence-electron chi connectivity index (χ2n) is 13.7. The van der Waals surface area contributed by atoms with Crippen LogP contribution in [0.5, 0.6) is 0 Å². The molecule has 0 saturated carbocycles. The van der Waals surface area contributed by atoms with Gasteiger partial charge in [0.2, 0.25) is 23.5 Å². The molecule has 2 amide bonds. The van der Waals surface area contributed by atoms with Crippen LogP contribution in [0.3, 0.4) is 0 Å². The van der Waals surface area contributed by atoms with E-state index in [0.29, 0.717) is 12.1 Å². The minimum atomic E-state index is -4.87. The number of nitrogens with zero attached hydrogens (tertiary/aromatic N) is 8. The summed E-state index contributed by atoms with van der Waals surface area (Å²) in [5.41, 5.74) is 11.3. The molecule has 2 aromatic carbocycles. The molecule has 0 spiro atoms. The van der Waals surface area contributed by atoms with Gasteiger partial charge in [-0.3, -0.25) is 9.59 Å². The second kappa shape index (κ2) is 18.7. The molecule has 342 valence electrons. The van der Waals surface area contributed by atoms with E-state index in [-0.39, 0.29) is 42.3 Å². The fourth-order valence-corrected chi connectivity index (χ4v) is 7.04. The molecule has 4 heterocycles. The Labute approximate surface area is 339 Å². The van der Waals surface area contributed by atoms with E-state index in [9.17, 15) is 53.5 Å². The van der Waals surface area contributed by atoms with Gasteiger partial charge in [0.25, 0.3) is 0 Å². The van der Waals surface area contributed by atoms with E-state index < -0.39 is 153 Å². The summed E-state index contributed by atoms with van der Waals surface area (Å²) in [6, 6.07) is -2.76. The monoisotopic (exact) mass is 928 g/mol. The normalized spacial score (nSPS) is 16.3. The predicted octanol–water partition coefficient (Wildman–Crippen LogP) is 2.38. The number of aromatic nitrogens is 6. The number of carbonyl (C=O) groups is 2. The largest absolute Gasteiger partial charge is 0.466 e. The summed E-state index contributed by atoms with van der Waals surface area (Å²) in [5, 5.41) is 13.2. The van der Waals surface area contributed by atoms with Crippen LogP contribution in [-0.4, -0.2) is 96.5 Å². The van der Waals surface area contributed by atoms with E-state index in [1.807, 2.05) is 0 Å². The molecule has 0 aliphatic carbocycles. The molecule has 2 aromatic heterocycles. The molecular weight excluding hydrogens is 895 g/mol. The minimum Gasteiger partial charge on any atom is -0.412 e. The van der Waals surface area contributed by atoms with Crippen LogP contribution in [0.25, 0.3) is 0 Å². The first-order valence-electron chi connectivity index (χ1n) is 17.3. The molecule has 9 N–H and O–H groups in total. The molecule has 0 radical (unpaired) electrons. The molecular formula is C32H33F12N10O7P. The first-order valence-corrected chi connectivity index (χ1v) is 18.8. The van der Waals surface area contributed by atoms with Gasteiger partial charge in [0.15, 0.2) is 34.9 Å². The zero-order valence-electron chi connectivity index (χ0n) is 31.1. The molecule has 0 fully saturated rings. The highest BCUT2D eigenvalue weighted by molar-refractivity contribution is 7.45. The van der Waals surface area contributed by atoms with Gasteiger partial charge in [-0.05, 0) is 23.3 Å². The van der Waals surface area contributed by atoms with Crippen LogP contribution in [0.4, 0.5) is 52.7 Å². The van der Waals surface area contributed by atoms with Crippen LogP contribution in [0.1, 0.15) is 59.1 Å². The molecule has 4 unspecified atom stereocenters. The van der Waals surface area contributed by atoms with Gasteiger partial charge in [0.05, 0.1) is 13.1 Å². The quantitative estimate of drug-likeness (QED) is 0.0921.